The zero-order valence-corrected chi connectivity index (χ0v) is 18.8. The van der Waals surface area contributed by atoms with E-state index >= 15 is 0 Å². The maximum absolute atomic E-state index is 12.9. The van der Waals surface area contributed by atoms with E-state index in [9.17, 15) is 9.59 Å². The summed E-state index contributed by atoms with van der Waals surface area (Å²) in [6.07, 6.45) is 4.92. The van der Waals surface area contributed by atoms with E-state index in [0.717, 1.165) is 69.1 Å². The number of piperidine rings is 1. The molecule has 4 heterocycles. The van der Waals surface area contributed by atoms with Crippen LogP contribution in [-0.4, -0.2) is 64.6 Å². The van der Waals surface area contributed by atoms with Gasteiger partial charge in [-0.3, -0.25) is 9.59 Å². The third kappa shape index (κ3) is 4.36. The number of benzene rings is 1. The summed E-state index contributed by atoms with van der Waals surface area (Å²) in [6.45, 7) is 6.76. The lowest BCUT2D eigenvalue weighted by Crippen LogP contribution is -2.44. The van der Waals surface area contributed by atoms with Crippen LogP contribution in [0.3, 0.4) is 0 Å². The number of hydrogen-bond acceptors (Lipinski definition) is 5. The summed E-state index contributed by atoms with van der Waals surface area (Å²) >= 11 is 0. The number of ether oxygens (including phenoxy) is 1. The molecule has 170 valence electrons. The SMILES string of the molecule is Cc1ccc(C(=O)N2CCc3nc(C4CCN(C5CCOCC5)CC4)[nH]c(=O)c3C2)cc1. The van der Waals surface area contributed by atoms with Crippen LogP contribution in [0.15, 0.2) is 29.1 Å². The molecule has 1 aromatic carbocycles. The number of carbonyl (C=O) groups excluding carboxylic acids is 1. The second kappa shape index (κ2) is 9.16. The number of nitrogens with zero attached hydrogens (tertiary/aromatic N) is 3. The molecule has 2 saturated heterocycles. The van der Waals surface area contributed by atoms with Gasteiger partial charge in [-0.05, 0) is 57.8 Å². The van der Waals surface area contributed by atoms with Crippen molar-refractivity contribution >= 4 is 5.91 Å². The Bertz CT molecular complexity index is 1020. The maximum atomic E-state index is 12.9. The van der Waals surface area contributed by atoms with Gasteiger partial charge in [0.2, 0.25) is 0 Å². The predicted molar refractivity (Wildman–Crippen MR) is 122 cm³/mol. The highest BCUT2D eigenvalue weighted by molar-refractivity contribution is 5.94. The van der Waals surface area contributed by atoms with Gasteiger partial charge in [0.1, 0.15) is 5.82 Å². The fourth-order valence-corrected chi connectivity index (χ4v) is 5.28. The number of rotatable bonds is 3. The van der Waals surface area contributed by atoms with Crippen LogP contribution in [0.25, 0.3) is 0 Å². The molecular weight excluding hydrogens is 404 g/mol. The highest BCUT2D eigenvalue weighted by Gasteiger charge is 2.30. The van der Waals surface area contributed by atoms with E-state index < -0.39 is 0 Å². The second-order valence-electron chi connectivity index (χ2n) is 9.37. The molecule has 1 N–H and O–H groups in total. The Morgan fingerprint density at radius 3 is 2.50 bits per heavy atom. The van der Waals surface area contributed by atoms with Crippen molar-refractivity contribution in [3.63, 3.8) is 0 Å². The van der Waals surface area contributed by atoms with Crippen LogP contribution < -0.4 is 5.56 Å². The zero-order chi connectivity index (χ0) is 22.1. The average molecular weight is 437 g/mol. The van der Waals surface area contributed by atoms with E-state index in [1.807, 2.05) is 31.2 Å². The number of carbonyl (C=O) groups is 1. The van der Waals surface area contributed by atoms with Gasteiger partial charge in [0.25, 0.3) is 11.5 Å². The summed E-state index contributed by atoms with van der Waals surface area (Å²) in [6, 6.07) is 8.23. The van der Waals surface area contributed by atoms with Crippen molar-refractivity contribution in [3.05, 3.63) is 62.8 Å². The highest BCUT2D eigenvalue weighted by atomic mass is 16.5. The molecule has 5 rings (SSSR count). The first-order valence-corrected chi connectivity index (χ1v) is 11.9. The number of aromatic amines is 1. The molecule has 7 nitrogen and oxygen atoms in total. The minimum Gasteiger partial charge on any atom is -0.381 e. The van der Waals surface area contributed by atoms with Crippen molar-refractivity contribution in [2.75, 3.05) is 32.8 Å². The van der Waals surface area contributed by atoms with Crippen LogP contribution in [-0.2, 0) is 17.7 Å². The first-order chi connectivity index (χ1) is 15.6. The minimum atomic E-state index is -0.0849. The lowest BCUT2D eigenvalue weighted by Gasteiger charge is -2.39. The molecule has 0 saturated carbocycles. The fraction of sp³-hybridized carbons (Fsp3) is 0.560. The van der Waals surface area contributed by atoms with Crippen molar-refractivity contribution in [1.29, 1.82) is 0 Å². The molecule has 0 radical (unpaired) electrons. The maximum Gasteiger partial charge on any atom is 0.256 e. The quantitative estimate of drug-likeness (QED) is 0.800. The standard InChI is InChI=1S/C25H32N4O3/c1-17-2-4-19(5-3-17)25(31)29-13-8-22-21(16-29)24(30)27-23(26-22)18-6-11-28(12-7-18)20-9-14-32-15-10-20/h2-5,18,20H,6-16H2,1H3,(H,26,27,30). The van der Waals surface area contributed by atoms with Crippen LogP contribution in [0.5, 0.6) is 0 Å². The number of nitrogens with one attached hydrogen (secondary N) is 1. The molecule has 7 heteroatoms. The molecule has 0 unspecified atom stereocenters. The molecule has 0 spiro atoms. The largest absolute Gasteiger partial charge is 0.381 e. The molecule has 3 aliphatic heterocycles. The van der Waals surface area contributed by atoms with Gasteiger partial charge in [-0.25, -0.2) is 4.98 Å². The number of amides is 1. The van der Waals surface area contributed by atoms with Gasteiger partial charge in [-0.15, -0.1) is 0 Å². The van der Waals surface area contributed by atoms with E-state index in [1.54, 1.807) is 4.90 Å². The summed E-state index contributed by atoms with van der Waals surface area (Å²) in [5.41, 5.74) is 3.20. The van der Waals surface area contributed by atoms with Crippen molar-refractivity contribution in [3.8, 4) is 0 Å². The van der Waals surface area contributed by atoms with Crippen LogP contribution in [0.4, 0.5) is 0 Å². The minimum absolute atomic E-state index is 0.0281. The van der Waals surface area contributed by atoms with Crippen LogP contribution in [0.1, 0.15) is 64.6 Å². The first kappa shape index (κ1) is 21.3. The summed E-state index contributed by atoms with van der Waals surface area (Å²) in [5.74, 6) is 1.11. The Hall–Kier alpha value is -2.51. The second-order valence-corrected chi connectivity index (χ2v) is 9.37. The van der Waals surface area contributed by atoms with Gasteiger partial charge in [-0.1, -0.05) is 17.7 Å². The lowest BCUT2D eigenvalue weighted by molar-refractivity contribution is 0.0248. The topological polar surface area (TPSA) is 78.5 Å². The van der Waals surface area contributed by atoms with Gasteiger partial charge in [0.05, 0.1) is 17.8 Å². The number of fused-ring (bicyclic) bond motifs is 1. The molecule has 0 bridgehead atoms. The summed E-state index contributed by atoms with van der Waals surface area (Å²) in [4.78, 5) is 38.1. The van der Waals surface area contributed by atoms with Gasteiger partial charge in [0.15, 0.2) is 0 Å². The molecule has 1 amide bonds. The van der Waals surface area contributed by atoms with Crippen molar-refractivity contribution < 1.29 is 9.53 Å². The van der Waals surface area contributed by atoms with E-state index in [-0.39, 0.29) is 11.5 Å². The molecule has 1 aromatic heterocycles. The van der Waals surface area contributed by atoms with Crippen LogP contribution >= 0.6 is 0 Å². The summed E-state index contributed by atoms with van der Waals surface area (Å²) in [5, 5.41) is 0. The van der Waals surface area contributed by atoms with E-state index in [0.29, 0.717) is 42.6 Å². The summed E-state index contributed by atoms with van der Waals surface area (Å²) in [7, 11) is 0. The van der Waals surface area contributed by atoms with Crippen molar-refractivity contribution in [1.82, 2.24) is 19.8 Å². The van der Waals surface area contributed by atoms with Crippen LogP contribution in [0, 0.1) is 6.92 Å². The fourth-order valence-electron chi connectivity index (χ4n) is 5.28. The Kier molecular flexibility index (Phi) is 6.11. The lowest BCUT2D eigenvalue weighted by atomic mass is 9.93. The van der Waals surface area contributed by atoms with Gasteiger partial charge >= 0.3 is 0 Å². The normalized spacial score (nSPS) is 20.8. The smallest absolute Gasteiger partial charge is 0.256 e. The molecule has 0 aliphatic carbocycles. The average Bonchev–Trinajstić information content (AvgIpc) is 2.84. The highest BCUT2D eigenvalue weighted by Crippen LogP contribution is 2.29. The molecule has 0 atom stereocenters. The number of H-pyrrole nitrogens is 1. The zero-order valence-electron chi connectivity index (χ0n) is 18.8. The van der Waals surface area contributed by atoms with Gasteiger partial charge in [0, 0.05) is 43.7 Å². The Morgan fingerprint density at radius 1 is 1.06 bits per heavy atom. The summed E-state index contributed by atoms with van der Waals surface area (Å²) < 4.78 is 5.50. The van der Waals surface area contributed by atoms with E-state index in [2.05, 4.69) is 9.88 Å². The molecule has 2 fully saturated rings. The van der Waals surface area contributed by atoms with Crippen molar-refractivity contribution in [2.24, 2.45) is 0 Å². The Balaban J connectivity index is 1.26. The molecular formula is C25H32N4O3. The predicted octanol–water partition coefficient (Wildman–Crippen LogP) is 2.64. The van der Waals surface area contributed by atoms with Crippen LogP contribution in [0.2, 0.25) is 0 Å². The van der Waals surface area contributed by atoms with E-state index in [4.69, 9.17) is 9.72 Å². The molecule has 32 heavy (non-hydrogen) atoms. The molecule has 2 aromatic rings. The first-order valence-electron chi connectivity index (χ1n) is 11.9. The number of aryl methyl sites for hydroxylation is 1. The number of aromatic nitrogens is 2. The number of likely N-dealkylation sites (tertiary alicyclic amines) is 1. The third-order valence-electron chi connectivity index (χ3n) is 7.30. The van der Waals surface area contributed by atoms with E-state index in [1.165, 1.54) is 0 Å². The third-order valence-corrected chi connectivity index (χ3v) is 7.30. The van der Waals surface area contributed by atoms with Gasteiger partial charge < -0.3 is 19.5 Å². The monoisotopic (exact) mass is 436 g/mol. The Morgan fingerprint density at radius 2 is 1.78 bits per heavy atom. The Labute approximate surface area is 188 Å². The molecule has 3 aliphatic rings. The number of hydrogen-bond donors (Lipinski definition) is 1. The van der Waals surface area contributed by atoms with Crippen molar-refractivity contribution in [2.45, 2.75) is 57.5 Å². The van der Waals surface area contributed by atoms with Gasteiger partial charge in [-0.2, -0.15) is 0 Å².